The van der Waals surface area contributed by atoms with E-state index in [1.165, 1.54) is 0 Å². The molecule has 12 heavy (non-hydrogen) atoms. The minimum Gasteiger partial charge on any atom is -0.464 e. The van der Waals surface area contributed by atoms with Crippen LogP contribution in [0.1, 0.15) is 19.8 Å². The van der Waals surface area contributed by atoms with Crippen LogP contribution in [0.2, 0.25) is 0 Å². The Hall–Kier alpha value is -0.610. The van der Waals surface area contributed by atoms with Crippen LogP contribution in [-0.4, -0.2) is 31.3 Å². The summed E-state index contributed by atoms with van der Waals surface area (Å²) in [5, 5.41) is 0. The zero-order valence-corrected chi connectivity index (χ0v) is 7.29. The van der Waals surface area contributed by atoms with Crippen molar-refractivity contribution in [2.75, 3.05) is 13.2 Å². The second-order valence-electron chi connectivity index (χ2n) is 2.91. The molecule has 2 N–H and O–H groups in total. The molecule has 0 unspecified atom stereocenters. The van der Waals surface area contributed by atoms with Gasteiger partial charge in [-0.1, -0.05) is 0 Å². The lowest BCUT2D eigenvalue weighted by Gasteiger charge is -2.24. The number of ether oxygens (including phenoxy) is 2. The van der Waals surface area contributed by atoms with Crippen molar-refractivity contribution < 1.29 is 14.3 Å². The van der Waals surface area contributed by atoms with Gasteiger partial charge in [-0.2, -0.15) is 0 Å². The first-order chi connectivity index (χ1) is 5.74. The maximum Gasteiger partial charge on any atom is 0.335 e. The van der Waals surface area contributed by atoms with Gasteiger partial charge in [-0.25, -0.2) is 4.79 Å². The van der Waals surface area contributed by atoms with E-state index in [0.29, 0.717) is 19.6 Å². The summed E-state index contributed by atoms with van der Waals surface area (Å²) in [4.78, 5) is 11.1. The van der Waals surface area contributed by atoms with E-state index in [1.807, 2.05) is 0 Å². The zero-order valence-electron chi connectivity index (χ0n) is 7.29. The molecule has 1 aliphatic heterocycles. The number of rotatable bonds is 2. The molecule has 0 aromatic rings. The van der Waals surface area contributed by atoms with Gasteiger partial charge in [0, 0.05) is 6.04 Å². The minimum absolute atomic E-state index is 0.0793. The van der Waals surface area contributed by atoms with Crippen molar-refractivity contribution >= 4 is 5.97 Å². The summed E-state index contributed by atoms with van der Waals surface area (Å²) < 4.78 is 10.0. The number of nitrogens with two attached hydrogens (primary N) is 1. The van der Waals surface area contributed by atoms with Gasteiger partial charge in [0.25, 0.3) is 0 Å². The topological polar surface area (TPSA) is 61.5 Å². The van der Waals surface area contributed by atoms with Crippen molar-refractivity contribution in [2.24, 2.45) is 5.73 Å². The van der Waals surface area contributed by atoms with Crippen molar-refractivity contribution in [3.05, 3.63) is 0 Å². The van der Waals surface area contributed by atoms with Crippen LogP contribution in [0.15, 0.2) is 0 Å². The fourth-order valence-electron chi connectivity index (χ4n) is 1.19. The summed E-state index contributed by atoms with van der Waals surface area (Å²) >= 11 is 0. The molecule has 0 amide bonds. The van der Waals surface area contributed by atoms with Crippen LogP contribution in [0.5, 0.6) is 0 Å². The Labute approximate surface area is 72.0 Å². The predicted molar refractivity (Wildman–Crippen MR) is 43.6 cm³/mol. The molecule has 1 aliphatic rings. The van der Waals surface area contributed by atoms with Gasteiger partial charge in [0.1, 0.15) is 0 Å². The third-order valence-corrected chi connectivity index (χ3v) is 1.86. The lowest BCUT2D eigenvalue weighted by molar-refractivity contribution is -0.159. The van der Waals surface area contributed by atoms with Crippen molar-refractivity contribution in [2.45, 2.75) is 31.9 Å². The van der Waals surface area contributed by atoms with Gasteiger partial charge >= 0.3 is 5.97 Å². The molecular formula is C8H15NO3. The minimum atomic E-state index is -0.384. The molecule has 0 aromatic carbocycles. The number of hydrogen-bond donors (Lipinski definition) is 1. The highest BCUT2D eigenvalue weighted by Gasteiger charge is 2.25. The summed E-state index contributed by atoms with van der Waals surface area (Å²) in [5.74, 6) is -0.260. The van der Waals surface area contributed by atoms with Gasteiger partial charge in [0.2, 0.25) is 0 Å². The molecule has 1 saturated heterocycles. The largest absolute Gasteiger partial charge is 0.464 e. The van der Waals surface area contributed by atoms with E-state index < -0.39 is 0 Å². The molecule has 1 heterocycles. The Kier molecular flexibility index (Phi) is 3.49. The highest BCUT2D eigenvalue weighted by atomic mass is 16.6. The van der Waals surface area contributed by atoms with E-state index in [2.05, 4.69) is 0 Å². The van der Waals surface area contributed by atoms with Gasteiger partial charge in [-0.15, -0.1) is 0 Å². The Morgan fingerprint density at radius 1 is 1.67 bits per heavy atom. The Bertz CT molecular complexity index is 152. The smallest absolute Gasteiger partial charge is 0.335 e. The summed E-state index contributed by atoms with van der Waals surface area (Å²) in [6.07, 6.45) is 1.13. The number of carbonyl (C=O) groups is 1. The molecule has 0 aliphatic carbocycles. The van der Waals surface area contributed by atoms with Crippen LogP contribution < -0.4 is 5.73 Å². The second kappa shape index (κ2) is 4.42. The van der Waals surface area contributed by atoms with E-state index in [-0.39, 0.29) is 18.1 Å². The Morgan fingerprint density at radius 2 is 2.42 bits per heavy atom. The summed E-state index contributed by atoms with van der Waals surface area (Å²) in [5.41, 5.74) is 5.59. The summed E-state index contributed by atoms with van der Waals surface area (Å²) in [6, 6.07) is 0.0793. The lowest BCUT2D eigenvalue weighted by Crippen LogP contribution is -2.39. The molecule has 4 heteroatoms. The van der Waals surface area contributed by atoms with E-state index >= 15 is 0 Å². The van der Waals surface area contributed by atoms with Gasteiger partial charge in [-0.05, 0) is 19.8 Å². The molecule has 4 nitrogen and oxygen atoms in total. The van der Waals surface area contributed by atoms with Crippen LogP contribution in [0.25, 0.3) is 0 Å². The van der Waals surface area contributed by atoms with Gasteiger partial charge in [-0.3, -0.25) is 0 Å². The average Bonchev–Trinajstić information content (AvgIpc) is 2.06. The van der Waals surface area contributed by atoms with Gasteiger partial charge < -0.3 is 15.2 Å². The Morgan fingerprint density at radius 3 is 2.92 bits per heavy atom. The van der Waals surface area contributed by atoms with Crippen LogP contribution >= 0.6 is 0 Å². The van der Waals surface area contributed by atoms with Gasteiger partial charge in [0.15, 0.2) is 6.10 Å². The van der Waals surface area contributed by atoms with E-state index in [9.17, 15) is 4.79 Å². The fourth-order valence-corrected chi connectivity index (χ4v) is 1.19. The number of carbonyl (C=O) groups excluding carboxylic acids is 1. The van der Waals surface area contributed by atoms with Crippen LogP contribution in [0, 0.1) is 0 Å². The molecule has 0 spiro atoms. The first-order valence-electron chi connectivity index (χ1n) is 4.28. The molecule has 2 atom stereocenters. The SMILES string of the molecule is CCOC(=O)[C@@H]1CC[C@H](N)CO1. The first-order valence-corrected chi connectivity index (χ1v) is 4.28. The maximum absolute atomic E-state index is 11.1. The Balaban J connectivity index is 2.29. The first kappa shape index (κ1) is 9.48. The monoisotopic (exact) mass is 173 g/mol. The average molecular weight is 173 g/mol. The van der Waals surface area contributed by atoms with Crippen LogP contribution in [-0.2, 0) is 14.3 Å². The van der Waals surface area contributed by atoms with Crippen molar-refractivity contribution in [1.29, 1.82) is 0 Å². The molecule has 1 fully saturated rings. The van der Waals surface area contributed by atoms with Crippen molar-refractivity contribution in [3.63, 3.8) is 0 Å². The fraction of sp³-hybridized carbons (Fsp3) is 0.875. The third-order valence-electron chi connectivity index (χ3n) is 1.86. The number of hydrogen-bond acceptors (Lipinski definition) is 4. The standard InChI is InChI=1S/C8H15NO3/c1-2-11-8(10)7-4-3-6(9)5-12-7/h6-7H,2-5,9H2,1H3/t6-,7-/m0/s1. The molecular weight excluding hydrogens is 158 g/mol. The second-order valence-corrected chi connectivity index (χ2v) is 2.91. The van der Waals surface area contributed by atoms with Crippen molar-refractivity contribution in [1.82, 2.24) is 0 Å². The summed E-state index contributed by atoms with van der Waals surface area (Å²) in [7, 11) is 0. The van der Waals surface area contributed by atoms with E-state index in [1.54, 1.807) is 6.92 Å². The molecule has 70 valence electrons. The highest BCUT2D eigenvalue weighted by Crippen LogP contribution is 2.13. The molecule has 1 rings (SSSR count). The number of esters is 1. The third kappa shape index (κ3) is 2.46. The predicted octanol–water partition coefficient (Wildman–Crippen LogP) is 0.0558. The van der Waals surface area contributed by atoms with E-state index in [4.69, 9.17) is 15.2 Å². The summed E-state index contributed by atoms with van der Waals surface area (Å²) in [6.45, 7) is 2.65. The zero-order chi connectivity index (χ0) is 8.97. The quantitative estimate of drug-likeness (QED) is 0.600. The van der Waals surface area contributed by atoms with Crippen molar-refractivity contribution in [3.8, 4) is 0 Å². The molecule has 0 saturated carbocycles. The lowest BCUT2D eigenvalue weighted by atomic mass is 10.1. The van der Waals surface area contributed by atoms with E-state index in [0.717, 1.165) is 6.42 Å². The van der Waals surface area contributed by atoms with Crippen LogP contribution in [0.4, 0.5) is 0 Å². The molecule has 0 bridgehead atoms. The van der Waals surface area contributed by atoms with Gasteiger partial charge in [0.05, 0.1) is 13.2 Å². The molecule has 0 aromatic heterocycles. The van der Waals surface area contributed by atoms with Crippen LogP contribution in [0.3, 0.4) is 0 Å². The highest BCUT2D eigenvalue weighted by molar-refractivity contribution is 5.74. The maximum atomic E-state index is 11.1. The molecule has 0 radical (unpaired) electrons. The normalized spacial score (nSPS) is 29.8.